The minimum Gasteiger partial charge on any atom is -0.480 e. The molecule has 0 radical (unpaired) electrons. The van der Waals surface area contributed by atoms with E-state index in [0.717, 1.165) is 4.31 Å². The van der Waals surface area contributed by atoms with Crippen LogP contribution in [0.2, 0.25) is 0 Å². The Bertz CT molecular complexity index is 327. The molecular formula is C7H14N2O4S. The van der Waals surface area contributed by atoms with Crippen LogP contribution in [-0.4, -0.2) is 36.4 Å². The number of aliphatic carboxylic acids is 1. The lowest BCUT2D eigenvalue weighted by Crippen LogP contribution is -2.53. The zero-order chi connectivity index (χ0) is 10.9. The van der Waals surface area contributed by atoms with Gasteiger partial charge in [0.05, 0.1) is 0 Å². The summed E-state index contributed by atoms with van der Waals surface area (Å²) in [6.07, 6.45) is 1.37. The highest BCUT2D eigenvalue weighted by molar-refractivity contribution is 7.86. The van der Waals surface area contributed by atoms with Crippen LogP contribution in [0.3, 0.4) is 0 Å². The molecule has 1 fully saturated rings. The van der Waals surface area contributed by atoms with Gasteiger partial charge in [-0.05, 0) is 18.8 Å². The van der Waals surface area contributed by atoms with Crippen LogP contribution < -0.4 is 5.14 Å². The topological polar surface area (TPSA) is 101 Å². The van der Waals surface area contributed by atoms with Gasteiger partial charge in [0, 0.05) is 6.54 Å². The molecule has 0 aliphatic carbocycles. The van der Waals surface area contributed by atoms with E-state index in [1.807, 2.05) is 0 Å². The highest BCUT2D eigenvalue weighted by Gasteiger charge is 2.39. The second kappa shape index (κ2) is 3.84. The van der Waals surface area contributed by atoms with Crippen molar-refractivity contribution in [1.82, 2.24) is 4.31 Å². The van der Waals surface area contributed by atoms with Gasteiger partial charge in [-0.3, -0.25) is 4.79 Å². The summed E-state index contributed by atoms with van der Waals surface area (Å²) in [5.74, 6) is -1.33. The highest BCUT2D eigenvalue weighted by atomic mass is 32.2. The minimum absolute atomic E-state index is 0.195. The van der Waals surface area contributed by atoms with Crippen molar-refractivity contribution >= 4 is 16.2 Å². The first kappa shape index (κ1) is 11.4. The third-order valence-electron chi connectivity index (χ3n) is 2.47. The van der Waals surface area contributed by atoms with Gasteiger partial charge in [0.15, 0.2) is 0 Å². The minimum atomic E-state index is -3.90. The summed E-state index contributed by atoms with van der Waals surface area (Å²) in [5.41, 5.74) is 0. The molecular weight excluding hydrogens is 208 g/mol. The normalized spacial score (nSPS) is 30.1. The van der Waals surface area contributed by atoms with Crippen molar-refractivity contribution in [2.24, 2.45) is 11.1 Å². The van der Waals surface area contributed by atoms with Crippen molar-refractivity contribution < 1.29 is 18.3 Å². The number of nitrogens with two attached hydrogens (primary N) is 1. The molecule has 0 aromatic carbocycles. The Labute approximate surface area is 82.9 Å². The summed E-state index contributed by atoms with van der Waals surface area (Å²) < 4.78 is 23.0. The van der Waals surface area contributed by atoms with Gasteiger partial charge in [-0.2, -0.15) is 12.7 Å². The quantitative estimate of drug-likeness (QED) is 0.649. The molecule has 7 heteroatoms. The maximum atomic E-state index is 11.1. The lowest BCUT2D eigenvalue weighted by Gasteiger charge is -2.34. The second-order valence-corrected chi connectivity index (χ2v) is 5.06. The molecule has 14 heavy (non-hydrogen) atoms. The van der Waals surface area contributed by atoms with Gasteiger partial charge < -0.3 is 5.11 Å². The third-order valence-corrected chi connectivity index (χ3v) is 3.53. The molecule has 0 bridgehead atoms. The van der Waals surface area contributed by atoms with E-state index < -0.39 is 22.2 Å². The number of carboxylic acid groups (broad SMARTS) is 1. The van der Waals surface area contributed by atoms with Gasteiger partial charge in [0.1, 0.15) is 6.04 Å². The molecule has 0 saturated carbocycles. The van der Waals surface area contributed by atoms with Crippen molar-refractivity contribution in [3.05, 3.63) is 0 Å². The van der Waals surface area contributed by atoms with E-state index in [9.17, 15) is 13.2 Å². The highest BCUT2D eigenvalue weighted by Crippen LogP contribution is 2.24. The molecule has 0 spiro atoms. The lowest BCUT2D eigenvalue weighted by molar-refractivity contribution is -0.144. The van der Waals surface area contributed by atoms with Crippen molar-refractivity contribution in [3.63, 3.8) is 0 Å². The first-order chi connectivity index (χ1) is 6.34. The summed E-state index contributed by atoms with van der Waals surface area (Å²) >= 11 is 0. The average molecular weight is 222 g/mol. The fourth-order valence-electron chi connectivity index (χ4n) is 1.80. The number of rotatable bonds is 2. The van der Waals surface area contributed by atoms with Gasteiger partial charge in [-0.1, -0.05) is 6.92 Å². The molecule has 0 aromatic heterocycles. The summed E-state index contributed by atoms with van der Waals surface area (Å²) in [5, 5.41) is 13.8. The predicted molar refractivity (Wildman–Crippen MR) is 49.6 cm³/mol. The summed E-state index contributed by atoms with van der Waals surface area (Å²) in [7, 11) is -3.90. The Morgan fingerprint density at radius 3 is 2.50 bits per heavy atom. The van der Waals surface area contributed by atoms with Gasteiger partial charge in [-0.25, -0.2) is 5.14 Å². The van der Waals surface area contributed by atoms with Crippen LogP contribution in [0.5, 0.6) is 0 Å². The Kier molecular flexibility index (Phi) is 3.13. The predicted octanol–water partition coefficient (Wildman–Crippen LogP) is -0.625. The molecule has 2 unspecified atom stereocenters. The van der Waals surface area contributed by atoms with E-state index in [1.165, 1.54) is 0 Å². The summed E-state index contributed by atoms with van der Waals surface area (Å²) in [4.78, 5) is 10.9. The van der Waals surface area contributed by atoms with E-state index in [0.29, 0.717) is 12.8 Å². The maximum absolute atomic E-state index is 11.1. The number of hydrogen-bond acceptors (Lipinski definition) is 3. The first-order valence-electron chi connectivity index (χ1n) is 4.36. The van der Waals surface area contributed by atoms with Crippen molar-refractivity contribution in [1.29, 1.82) is 0 Å². The average Bonchev–Trinajstić information content (AvgIpc) is 2.01. The van der Waals surface area contributed by atoms with Crippen LogP contribution in [0, 0.1) is 5.92 Å². The smallest absolute Gasteiger partial charge is 0.322 e. The maximum Gasteiger partial charge on any atom is 0.322 e. The summed E-state index contributed by atoms with van der Waals surface area (Å²) in [6, 6.07) is -1.02. The zero-order valence-corrected chi connectivity index (χ0v) is 8.70. The molecule has 1 heterocycles. The van der Waals surface area contributed by atoms with Crippen LogP contribution in [-0.2, 0) is 15.0 Å². The Morgan fingerprint density at radius 1 is 1.57 bits per heavy atom. The van der Waals surface area contributed by atoms with Crippen molar-refractivity contribution in [3.8, 4) is 0 Å². The molecule has 0 aromatic rings. The number of hydrogen-bond donors (Lipinski definition) is 2. The lowest BCUT2D eigenvalue weighted by atomic mass is 9.93. The number of nitrogens with zero attached hydrogens (tertiary/aromatic N) is 1. The zero-order valence-electron chi connectivity index (χ0n) is 7.88. The molecule has 0 amide bonds. The molecule has 1 saturated heterocycles. The fraction of sp³-hybridized carbons (Fsp3) is 0.857. The van der Waals surface area contributed by atoms with E-state index in [1.54, 1.807) is 6.92 Å². The van der Waals surface area contributed by atoms with Gasteiger partial charge in [0.25, 0.3) is 10.2 Å². The summed E-state index contributed by atoms with van der Waals surface area (Å²) in [6.45, 7) is 1.91. The number of carboxylic acids is 1. The van der Waals surface area contributed by atoms with Crippen LogP contribution in [0.1, 0.15) is 19.8 Å². The van der Waals surface area contributed by atoms with Gasteiger partial charge in [0.2, 0.25) is 0 Å². The largest absolute Gasteiger partial charge is 0.480 e. The van der Waals surface area contributed by atoms with Crippen LogP contribution in [0.25, 0.3) is 0 Å². The van der Waals surface area contributed by atoms with E-state index in [-0.39, 0.29) is 12.5 Å². The van der Waals surface area contributed by atoms with E-state index in [2.05, 4.69) is 0 Å². The molecule has 1 aliphatic rings. The Morgan fingerprint density at radius 2 is 2.14 bits per heavy atom. The molecule has 6 nitrogen and oxygen atoms in total. The first-order valence-corrected chi connectivity index (χ1v) is 5.86. The third kappa shape index (κ3) is 2.23. The van der Waals surface area contributed by atoms with Crippen LogP contribution in [0.4, 0.5) is 0 Å². The Balaban J connectivity index is 2.97. The van der Waals surface area contributed by atoms with Crippen molar-refractivity contribution in [2.45, 2.75) is 25.8 Å². The molecule has 3 N–H and O–H groups in total. The van der Waals surface area contributed by atoms with Gasteiger partial charge in [-0.15, -0.1) is 0 Å². The van der Waals surface area contributed by atoms with Crippen LogP contribution in [0.15, 0.2) is 0 Å². The number of carbonyl (C=O) groups is 1. The molecule has 1 aliphatic heterocycles. The molecule has 2 atom stereocenters. The Hall–Kier alpha value is -0.660. The standard InChI is InChI=1S/C7H14N2O4S/c1-5-3-2-4-9(14(8,12)13)6(5)7(10)11/h5-6H,2-4H2,1H3,(H,10,11)(H2,8,12,13). The van der Waals surface area contributed by atoms with Crippen molar-refractivity contribution in [2.75, 3.05) is 6.54 Å². The number of piperidine rings is 1. The molecule has 82 valence electrons. The SMILES string of the molecule is CC1CCCN(S(N)(=O)=O)C1C(=O)O. The monoisotopic (exact) mass is 222 g/mol. The molecule has 1 rings (SSSR count). The van der Waals surface area contributed by atoms with Crippen LogP contribution >= 0.6 is 0 Å². The van der Waals surface area contributed by atoms with E-state index >= 15 is 0 Å². The van der Waals surface area contributed by atoms with Gasteiger partial charge >= 0.3 is 5.97 Å². The van der Waals surface area contributed by atoms with E-state index in [4.69, 9.17) is 10.2 Å². The fourth-order valence-corrected chi connectivity index (χ4v) is 2.80. The second-order valence-electron chi connectivity index (χ2n) is 3.56.